The summed E-state index contributed by atoms with van der Waals surface area (Å²) in [4.78, 5) is 0. The molecule has 0 aliphatic carbocycles. The van der Waals surface area contributed by atoms with Gasteiger partial charge in [0.2, 0.25) is 0 Å². The Labute approximate surface area is 26.9 Å². The molecule has 4 heavy (non-hydrogen) atoms. The summed E-state index contributed by atoms with van der Waals surface area (Å²) in [6.45, 7) is 0. The third kappa shape index (κ3) is 124. The zero-order valence-corrected chi connectivity index (χ0v) is 2.91. The smallest absolute Gasteiger partial charge is 0.323 e. The largest absolute Gasteiger partial charge is 1.00 e. The molecule has 0 saturated heterocycles. The highest BCUT2D eigenvalue weighted by molar-refractivity contribution is 3.91. The van der Waals surface area contributed by atoms with Gasteiger partial charge in [-0.3, -0.25) is 4.70 Å². The van der Waals surface area contributed by atoms with Crippen LogP contribution in [-0.4, -0.2) is 14.1 Å². The molecular weight excluding hydrogens is 57.0 g/mol. The molecule has 1 nitrogen and oxygen atoms in total. The summed E-state index contributed by atoms with van der Waals surface area (Å²) in [7, 11) is 3.75. The van der Waals surface area contributed by atoms with Crippen LogP contribution in [0.2, 0.25) is 0 Å². The van der Waals surface area contributed by atoms with Crippen molar-refractivity contribution in [1.29, 1.82) is 0 Å². The lowest BCUT2D eigenvalue weighted by molar-refractivity contribution is 1.02. The summed E-state index contributed by atoms with van der Waals surface area (Å²) in [6.07, 6.45) is 0. The van der Waals surface area contributed by atoms with Crippen LogP contribution in [0.15, 0.2) is 0 Å². The van der Waals surface area contributed by atoms with Gasteiger partial charge in [-0.25, -0.2) is 0 Å². The molecule has 0 aliphatic rings. The van der Waals surface area contributed by atoms with Crippen LogP contribution in [0.4, 0.5) is 4.70 Å². The number of hydrogen-bond donors (Lipinski definition) is 1. The highest BCUT2D eigenvalue weighted by atomic mass is 19.0. The van der Waals surface area contributed by atoms with Crippen LogP contribution in [0.1, 0.15) is 1.43 Å². The summed E-state index contributed by atoms with van der Waals surface area (Å²) < 4.78 is 0. The molecule has 0 aromatic heterocycles. The fourth-order valence-corrected chi connectivity index (χ4v) is 0. The first-order chi connectivity index (χ1) is 1.41. The van der Waals surface area contributed by atoms with Crippen LogP contribution in [-0.2, 0) is 0 Å². The summed E-state index contributed by atoms with van der Waals surface area (Å²) in [6, 6.07) is 0. The monoisotopic (exact) mass is 66.1 g/mol. The Morgan fingerprint density at radius 1 is 1.50 bits per heavy atom. The Kier molecular flexibility index (Phi) is 29.6. The molecule has 0 aliphatic heterocycles. The van der Waals surface area contributed by atoms with Gasteiger partial charge in [-0.05, 0) is 14.1 Å². The maximum Gasteiger partial charge on any atom is 1.00 e. The zero-order valence-electron chi connectivity index (χ0n) is 3.91. The van der Waals surface area contributed by atoms with E-state index in [9.17, 15) is 0 Å². The van der Waals surface area contributed by atoms with Crippen molar-refractivity contribution in [3.8, 4) is 0 Å². The fraction of sp³-hybridized carbons (Fsp3) is 1.00. The maximum absolute atomic E-state index is 2.75. The minimum absolute atomic E-state index is 0. The standard InChI is InChI=1S/C2H7N.FH/c1-3-2;/h3H,1-2H3;1H/p+1. The minimum atomic E-state index is 0. The molecule has 0 unspecified atom stereocenters. The van der Waals surface area contributed by atoms with Crippen molar-refractivity contribution in [3.05, 3.63) is 0 Å². The Morgan fingerprint density at radius 3 is 1.50 bits per heavy atom. The van der Waals surface area contributed by atoms with Crippen LogP contribution < -0.4 is 5.32 Å². The van der Waals surface area contributed by atoms with E-state index in [-0.39, 0.29) is 6.13 Å². The van der Waals surface area contributed by atoms with Gasteiger partial charge in [0.1, 0.15) is 0 Å². The molecule has 28 valence electrons. The Morgan fingerprint density at radius 2 is 1.50 bits per heavy atom. The topological polar surface area (TPSA) is 12.0 Å². The van der Waals surface area contributed by atoms with Crippen LogP contribution in [0, 0.1) is 0 Å². The van der Waals surface area contributed by atoms with E-state index in [4.69, 9.17) is 0 Å². The first kappa shape index (κ1) is 9.10. The van der Waals surface area contributed by atoms with Crippen LogP contribution in [0.5, 0.6) is 0 Å². The molecule has 0 bridgehead atoms. The maximum atomic E-state index is 2.75. The van der Waals surface area contributed by atoms with Gasteiger partial charge in [0, 0.05) is 0 Å². The molecule has 0 aromatic rings. The van der Waals surface area contributed by atoms with E-state index < -0.39 is 0 Å². The molecular formula is C2H9FN+. The van der Waals surface area contributed by atoms with Gasteiger partial charge in [-0.15, -0.1) is 0 Å². The van der Waals surface area contributed by atoms with Gasteiger partial charge < -0.3 is 5.32 Å². The molecule has 0 heterocycles. The predicted octanol–water partition coefficient (Wildman–Crippen LogP) is 0.101. The average Bonchev–Trinajstić information content (AvgIpc) is 0.918. The van der Waals surface area contributed by atoms with Gasteiger partial charge in [0.15, 0.2) is 0 Å². The molecule has 0 atom stereocenters. The Balaban J connectivity index is -0.0000000200. The third-order valence-corrected chi connectivity index (χ3v) is 0. The molecule has 0 rings (SSSR count). The van der Waals surface area contributed by atoms with Crippen molar-refractivity contribution in [2.75, 3.05) is 14.1 Å². The first-order valence-electron chi connectivity index (χ1n) is 1.00. The number of rotatable bonds is 0. The van der Waals surface area contributed by atoms with Crippen LogP contribution in [0.25, 0.3) is 0 Å². The number of halogens is 1. The summed E-state index contributed by atoms with van der Waals surface area (Å²) in [5, 5.41) is 2.75. The van der Waals surface area contributed by atoms with Crippen molar-refractivity contribution in [1.82, 2.24) is 5.32 Å². The molecule has 0 fully saturated rings. The Bertz CT molecular complexity index is 9.61. The molecule has 0 amide bonds. The number of hydrogen-bond acceptors (Lipinski definition) is 1. The lowest BCUT2D eigenvalue weighted by Crippen LogP contribution is -1.89. The van der Waals surface area contributed by atoms with Crippen molar-refractivity contribution in [2.24, 2.45) is 0 Å². The normalized spacial score (nSPS) is 4.50. The highest BCUT2D eigenvalue weighted by Crippen LogP contribution is 0.981. The molecule has 1 N–H and O–H groups in total. The second-order valence-electron chi connectivity index (χ2n) is 0.500. The van der Waals surface area contributed by atoms with E-state index in [0.29, 0.717) is 0 Å². The molecule has 0 saturated carbocycles. The SMILES string of the molecule is CNC.F.[H+]. The van der Waals surface area contributed by atoms with E-state index in [2.05, 4.69) is 5.32 Å². The van der Waals surface area contributed by atoms with Crippen LogP contribution in [0.3, 0.4) is 0 Å². The summed E-state index contributed by atoms with van der Waals surface area (Å²) >= 11 is 0. The van der Waals surface area contributed by atoms with E-state index in [0.717, 1.165) is 0 Å². The van der Waals surface area contributed by atoms with Crippen molar-refractivity contribution >= 4 is 0 Å². The molecule has 0 radical (unpaired) electrons. The van der Waals surface area contributed by atoms with Crippen molar-refractivity contribution < 1.29 is 6.13 Å². The molecule has 2 heteroatoms. The second kappa shape index (κ2) is 13.0. The fourth-order valence-electron chi connectivity index (χ4n) is 0. The lowest BCUT2D eigenvalue weighted by atomic mass is 11.3. The van der Waals surface area contributed by atoms with E-state index in [1.807, 2.05) is 14.1 Å². The minimum Gasteiger partial charge on any atom is -0.323 e. The quantitative estimate of drug-likeness (QED) is 0.423. The average molecular weight is 66.1 g/mol. The van der Waals surface area contributed by atoms with Gasteiger partial charge in [0.25, 0.3) is 0 Å². The van der Waals surface area contributed by atoms with Gasteiger partial charge in [-0.1, -0.05) is 0 Å². The number of nitrogens with one attached hydrogen (secondary N) is 1. The third-order valence-electron chi connectivity index (χ3n) is 0. The molecule has 0 spiro atoms. The molecule has 0 aromatic carbocycles. The van der Waals surface area contributed by atoms with Crippen molar-refractivity contribution in [2.45, 2.75) is 0 Å². The van der Waals surface area contributed by atoms with Crippen molar-refractivity contribution in [3.63, 3.8) is 0 Å². The summed E-state index contributed by atoms with van der Waals surface area (Å²) in [5.74, 6) is 0. The second-order valence-corrected chi connectivity index (χ2v) is 0.500. The lowest BCUT2D eigenvalue weighted by Gasteiger charge is -1.59. The summed E-state index contributed by atoms with van der Waals surface area (Å²) in [5.41, 5.74) is 0. The van der Waals surface area contributed by atoms with Crippen LogP contribution >= 0.6 is 0 Å². The van der Waals surface area contributed by atoms with Gasteiger partial charge in [0.05, 0.1) is 0 Å². The predicted molar refractivity (Wildman–Crippen MR) is 18.6 cm³/mol. The van der Waals surface area contributed by atoms with Gasteiger partial charge >= 0.3 is 1.43 Å². The van der Waals surface area contributed by atoms with E-state index >= 15 is 0 Å². The first-order valence-corrected chi connectivity index (χ1v) is 1.00. The Hall–Kier alpha value is -0.110. The van der Waals surface area contributed by atoms with E-state index in [1.54, 1.807) is 0 Å². The zero-order chi connectivity index (χ0) is 2.71. The van der Waals surface area contributed by atoms with Gasteiger partial charge in [-0.2, -0.15) is 0 Å². The van der Waals surface area contributed by atoms with E-state index in [1.165, 1.54) is 0 Å². The highest BCUT2D eigenvalue weighted by Gasteiger charge is 1.25.